The van der Waals surface area contributed by atoms with Crippen LogP contribution in [-0.2, 0) is 14.3 Å². The lowest BCUT2D eigenvalue weighted by molar-refractivity contribution is -0.384. The molecule has 3 aromatic carbocycles. The number of anilines is 1. The number of Topliss-reactive ketones (excluding diaryl/α,β-unsaturated/α-hetero) is 1. The quantitative estimate of drug-likeness (QED) is 0.163. The minimum Gasteiger partial charge on any atom is -0.465 e. The molecule has 0 spiro atoms. The van der Waals surface area contributed by atoms with Crippen LogP contribution in [0.1, 0.15) is 37.9 Å². The molecule has 4 atom stereocenters. The van der Waals surface area contributed by atoms with E-state index in [4.69, 9.17) is 4.74 Å². The maximum Gasteiger partial charge on any atom is 0.339 e. The minimum atomic E-state index is -1.10. The normalized spacial score (nSPS) is 22.8. The molecule has 3 aliphatic heterocycles. The van der Waals surface area contributed by atoms with Gasteiger partial charge in [0.15, 0.2) is 5.78 Å². The van der Waals surface area contributed by atoms with Crippen LogP contribution in [0.4, 0.5) is 11.4 Å². The number of carbonyl (C=O) groups is 4. The number of para-hydroxylation sites is 1. The third kappa shape index (κ3) is 3.56. The predicted octanol–water partition coefficient (Wildman–Crippen LogP) is 3.78. The van der Waals surface area contributed by atoms with Crippen molar-refractivity contribution < 1.29 is 28.8 Å². The Kier molecular flexibility index (Phi) is 5.60. The summed E-state index contributed by atoms with van der Waals surface area (Å²) in [5.41, 5.74) is 1.58. The summed E-state index contributed by atoms with van der Waals surface area (Å²) in [6, 6.07) is 17.2. The molecule has 3 heterocycles. The number of imide groups is 1. The van der Waals surface area contributed by atoms with Crippen molar-refractivity contribution >= 4 is 41.0 Å². The fraction of sp³-hybridized carbons (Fsp3) is 0.172. The van der Waals surface area contributed by atoms with Gasteiger partial charge in [0.25, 0.3) is 5.69 Å². The number of esters is 1. The number of carbonyl (C=O) groups excluding carboxylic acids is 4. The number of amides is 2. The molecule has 6 rings (SSSR count). The smallest absolute Gasteiger partial charge is 0.339 e. The van der Waals surface area contributed by atoms with Gasteiger partial charge in [-0.05, 0) is 29.3 Å². The van der Waals surface area contributed by atoms with Crippen molar-refractivity contribution in [3.8, 4) is 0 Å². The SMILES string of the molecule is COC(=O)c1ccccc1N1C(=O)[C@@H]2[C@H](C1=O)[C@@H]1c3ccccc3C=CN1[C@H]2C(=O)c1cccc([N+](=O)[O-])c1. The van der Waals surface area contributed by atoms with Crippen molar-refractivity contribution in [3.05, 3.63) is 111 Å². The first-order valence-electron chi connectivity index (χ1n) is 12.2. The summed E-state index contributed by atoms with van der Waals surface area (Å²) in [4.78, 5) is 68.1. The first kappa shape index (κ1) is 24.2. The maximum atomic E-state index is 14.1. The highest BCUT2D eigenvalue weighted by Crippen LogP contribution is 2.54. The molecule has 194 valence electrons. The Balaban J connectivity index is 1.51. The number of methoxy groups -OCH3 is 1. The number of benzene rings is 3. The third-order valence-electron chi connectivity index (χ3n) is 7.62. The molecule has 2 fully saturated rings. The second-order valence-electron chi connectivity index (χ2n) is 9.53. The third-order valence-corrected chi connectivity index (χ3v) is 7.62. The van der Waals surface area contributed by atoms with Crippen LogP contribution in [0.3, 0.4) is 0 Å². The average Bonchev–Trinajstić information content (AvgIpc) is 3.44. The maximum absolute atomic E-state index is 14.1. The van der Waals surface area contributed by atoms with Gasteiger partial charge >= 0.3 is 5.97 Å². The molecule has 2 saturated heterocycles. The van der Waals surface area contributed by atoms with Crippen molar-refractivity contribution in [3.63, 3.8) is 0 Å². The molecule has 0 aromatic heterocycles. The number of nitro groups is 1. The van der Waals surface area contributed by atoms with E-state index in [1.54, 1.807) is 23.2 Å². The lowest BCUT2D eigenvalue weighted by atomic mass is 9.83. The van der Waals surface area contributed by atoms with E-state index in [-0.39, 0.29) is 22.5 Å². The Morgan fingerprint density at radius 3 is 2.41 bits per heavy atom. The molecule has 0 unspecified atom stereocenters. The van der Waals surface area contributed by atoms with Gasteiger partial charge in [0, 0.05) is 23.9 Å². The van der Waals surface area contributed by atoms with Crippen LogP contribution in [0.25, 0.3) is 6.08 Å². The van der Waals surface area contributed by atoms with Crippen LogP contribution < -0.4 is 4.90 Å². The number of rotatable bonds is 5. The molecule has 3 aromatic rings. The summed E-state index contributed by atoms with van der Waals surface area (Å²) in [6.07, 6.45) is 3.53. The fourth-order valence-corrected chi connectivity index (χ4v) is 5.99. The van der Waals surface area contributed by atoms with E-state index in [1.807, 2.05) is 30.3 Å². The van der Waals surface area contributed by atoms with Crippen molar-refractivity contribution in [1.29, 1.82) is 0 Å². The Bertz CT molecular complexity index is 1610. The van der Waals surface area contributed by atoms with Crippen LogP contribution in [0.15, 0.2) is 79.0 Å². The van der Waals surface area contributed by atoms with Gasteiger partial charge in [-0.1, -0.05) is 48.5 Å². The lowest BCUT2D eigenvalue weighted by Gasteiger charge is -2.35. The highest BCUT2D eigenvalue weighted by molar-refractivity contribution is 6.26. The van der Waals surface area contributed by atoms with Crippen LogP contribution in [0.5, 0.6) is 0 Å². The molecule has 0 aliphatic carbocycles. The van der Waals surface area contributed by atoms with Gasteiger partial charge in [0.1, 0.15) is 6.04 Å². The van der Waals surface area contributed by atoms with Crippen LogP contribution in [0, 0.1) is 22.0 Å². The summed E-state index contributed by atoms with van der Waals surface area (Å²) < 4.78 is 4.87. The van der Waals surface area contributed by atoms with Crippen molar-refractivity contribution in [1.82, 2.24) is 4.90 Å². The molecule has 10 nitrogen and oxygen atoms in total. The zero-order valence-electron chi connectivity index (χ0n) is 20.6. The molecule has 39 heavy (non-hydrogen) atoms. The summed E-state index contributed by atoms with van der Waals surface area (Å²) in [6.45, 7) is 0. The fourth-order valence-electron chi connectivity index (χ4n) is 5.99. The lowest BCUT2D eigenvalue weighted by Crippen LogP contribution is -2.44. The highest BCUT2D eigenvalue weighted by atomic mass is 16.6. The standard InChI is InChI=1S/C29H21N3O7/c1-39-29(36)20-11-4-5-12-21(20)31-27(34)22-23(28(31)35)25(26(33)17-8-6-9-18(15-17)32(37)38)30-14-13-16-7-2-3-10-19(16)24(22)30/h2-15,22-25H,1H3/t22-,23+,24-,25+/m0/s1. The van der Waals surface area contributed by atoms with Gasteiger partial charge < -0.3 is 9.64 Å². The molecular weight excluding hydrogens is 502 g/mol. The Morgan fingerprint density at radius 1 is 0.923 bits per heavy atom. The highest BCUT2D eigenvalue weighted by Gasteiger charge is 2.64. The molecule has 2 amide bonds. The van der Waals surface area contributed by atoms with E-state index in [0.29, 0.717) is 0 Å². The summed E-state index contributed by atoms with van der Waals surface area (Å²) >= 11 is 0. The van der Waals surface area contributed by atoms with E-state index in [2.05, 4.69) is 0 Å². The molecular formula is C29H21N3O7. The zero-order chi connectivity index (χ0) is 27.4. The molecule has 0 radical (unpaired) electrons. The predicted molar refractivity (Wildman–Crippen MR) is 139 cm³/mol. The molecule has 10 heteroatoms. The minimum absolute atomic E-state index is 0.0454. The zero-order valence-corrected chi connectivity index (χ0v) is 20.6. The number of hydrogen-bond donors (Lipinski definition) is 0. The summed E-state index contributed by atoms with van der Waals surface area (Å²) in [7, 11) is 1.21. The van der Waals surface area contributed by atoms with Gasteiger partial charge in [0.2, 0.25) is 11.8 Å². The van der Waals surface area contributed by atoms with E-state index in [1.165, 1.54) is 43.5 Å². The molecule has 0 saturated carbocycles. The second kappa shape index (κ2) is 9.02. The number of ketones is 1. The first-order chi connectivity index (χ1) is 18.8. The van der Waals surface area contributed by atoms with Gasteiger partial charge in [-0.2, -0.15) is 0 Å². The van der Waals surface area contributed by atoms with E-state index >= 15 is 0 Å². The molecule has 0 bridgehead atoms. The van der Waals surface area contributed by atoms with Gasteiger partial charge in [-0.25, -0.2) is 9.69 Å². The summed E-state index contributed by atoms with van der Waals surface area (Å²) in [5, 5.41) is 11.4. The van der Waals surface area contributed by atoms with E-state index < -0.39 is 52.4 Å². The average molecular weight is 524 g/mol. The number of fused-ring (bicyclic) bond motifs is 5. The van der Waals surface area contributed by atoms with E-state index in [9.17, 15) is 29.3 Å². The van der Waals surface area contributed by atoms with Gasteiger partial charge in [0.05, 0.1) is 41.2 Å². The number of nitro benzene ring substituents is 1. The first-order valence-corrected chi connectivity index (χ1v) is 12.2. The van der Waals surface area contributed by atoms with Crippen molar-refractivity contribution in [2.45, 2.75) is 12.1 Å². The largest absolute Gasteiger partial charge is 0.465 e. The summed E-state index contributed by atoms with van der Waals surface area (Å²) in [5.74, 6) is -4.39. The second-order valence-corrected chi connectivity index (χ2v) is 9.53. The number of hydrogen-bond acceptors (Lipinski definition) is 8. The van der Waals surface area contributed by atoms with E-state index in [0.717, 1.165) is 16.0 Å². The number of nitrogens with zero attached hydrogens (tertiary/aromatic N) is 3. The van der Waals surface area contributed by atoms with Crippen molar-refractivity contribution in [2.75, 3.05) is 12.0 Å². The molecule has 0 N–H and O–H groups in total. The van der Waals surface area contributed by atoms with Crippen LogP contribution in [0.2, 0.25) is 0 Å². The Labute approximate surface area is 222 Å². The monoisotopic (exact) mass is 523 g/mol. The van der Waals surface area contributed by atoms with Gasteiger partial charge in [-0.15, -0.1) is 0 Å². The molecule has 3 aliphatic rings. The topological polar surface area (TPSA) is 127 Å². The van der Waals surface area contributed by atoms with Crippen LogP contribution in [-0.4, -0.2) is 46.5 Å². The van der Waals surface area contributed by atoms with Gasteiger partial charge in [-0.3, -0.25) is 24.5 Å². The Hall–Kier alpha value is -5.12. The number of non-ortho nitro benzene ring substituents is 1. The van der Waals surface area contributed by atoms with Crippen LogP contribution >= 0.6 is 0 Å². The van der Waals surface area contributed by atoms with Crippen molar-refractivity contribution in [2.24, 2.45) is 11.8 Å². The Morgan fingerprint density at radius 2 is 1.64 bits per heavy atom. The number of ether oxygens (including phenoxy) is 1.